The van der Waals surface area contributed by atoms with E-state index in [0.717, 1.165) is 5.56 Å². The van der Waals surface area contributed by atoms with E-state index >= 15 is 0 Å². The molecule has 1 heterocycles. The average molecular weight is 467 g/mol. The zero-order valence-electron chi connectivity index (χ0n) is 18.0. The summed E-state index contributed by atoms with van der Waals surface area (Å²) in [6.07, 6.45) is 0. The first kappa shape index (κ1) is 22.8. The lowest BCUT2D eigenvalue weighted by molar-refractivity contribution is 0.0657. The Labute approximate surface area is 192 Å². The molecular formula is C25H23FN2O4S. The Morgan fingerprint density at radius 3 is 2.21 bits per heavy atom. The summed E-state index contributed by atoms with van der Waals surface area (Å²) in [6.45, 7) is 1.08. The third kappa shape index (κ3) is 4.86. The molecule has 1 aliphatic rings. The Morgan fingerprint density at radius 2 is 1.58 bits per heavy atom. The Hall–Kier alpha value is -3.36. The molecule has 6 nitrogen and oxygen atoms in total. The highest BCUT2D eigenvalue weighted by atomic mass is 32.2. The molecule has 1 N–H and O–H groups in total. The molecule has 3 aromatic rings. The third-order valence-electron chi connectivity index (χ3n) is 5.69. The van der Waals surface area contributed by atoms with Crippen LogP contribution in [-0.4, -0.2) is 49.9 Å². The van der Waals surface area contributed by atoms with Crippen LogP contribution in [0.15, 0.2) is 72.8 Å². The van der Waals surface area contributed by atoms with Crippen LogP contribution >= 0.6 is 0 Å². The van der Waals surface area contributed by atoms with Crippen LogP contribution in [0.5, 0.6) is 0 Å². The van der Waals surface area contributed by atoms with Crippen LogP contribution in [0.4, 0.5) is 4.39 Å². The minimum atomic E-state index is -3.85. The van der Waals surface area contributed by atoms with E-state index < -0.39 is 33.4 Å². The van der Waals surface area contributed by atoms with Gasteiger partial charge in [-0.05, 0) is 47.9 Å². The molecule has 0 radical (unpaired) electrons. The van der Waals surface area contributed by atoms with Gasteiger partial charge in [0.15, 0.2) is 5.78 Å². The van der Waals surface area contributed by atoms with E-state index in [1.54, 1.807) is 43.3 Å². The number of sulfonamides is 1. The maximum atomic E-state index is 14.7. The zero-order chi connectivity index (χ0) is 23.6. The number of nitrogens with zero attached hydrogens (tertiary/aromatic N) is 1. The van der Waals surface area contributed by atoms with Crippen molar-refractivity contribution in [1.82, 2.24) is 9.62 Å². The van der Waals surface area contributed by atoms with Gasteiger partial charge in [-0.3, -0.25) is 9.59 Å². The first-order chi connectivity index (χ1) is 15.8. The summed E-state index contributed by atoms with van der Waals surface area (Å²) in [4.78, 5) is 26.5. The van der Waals surface area contributed by atoms with Gasteiger partial charge < -0.3 is 4.90 Å². The predicted molar refractivity (Wildman–Crippen MR) is 124 cm³/mol. The van der Waals surface area contributed by atoms with Crippen molar-refractivity contribution in [3.05, 3.63) is 95.3 Å². The minimum Gasteiger partial charge on any atom is -0.336 e. The van der Waals surface area contributed by atoms with E-state index in [0.29, 0.717) is 16.7 Å². The highest BCUT2D eigenvalue weighted by Crippen LogP contribution is 2.25. The second kappa shape index (κ2) is 9.25. The van der Waals surface area contributed by atoms with Crippen molar-refractivity contribution in [3.63, 3.8) is 0 Å². The minimum absolute atomic E-state index is 0.0359. The van der Waals surface area contributed by atoms with Crippen LogP contribution < -0.4 is 4.72 Å². The molecule has 0 unspecified atom stereocenters. The van der Waals surface area contributed by atoms with Gasteiger partial charge in [0.05, 0.1) is 12.1 Å². The van der Waals surface area contributed by atoms with Gasteiger partial charge in [0, 0.05) is 18.7 Å². The molecule has 0 spiro atoms. The lowest BCUT2D eigenvalue weighted by Gasteiger charge is -2.38. The van der Waals surface area contributed by atoms with Crippen molar-refractivity contribution in [2.24, 2.45) is 0 Å². The first-order valence-corrected chi connectivity index (χ1v) is 12.0. The van der Waals surface area contributed by atoms with Crippen LogP contribution in [0, 0.1) is 12.7 Å². The number of hydrogen-bond acceptors (Lipinski definition) is 4. The molecule has 4 rings (SSSR count). The van der Waals surface area contributed by atoms with Crippen molar-refractivity contribution in [1.29, 1.82) is 0 Å². The average Bonchev–Trinajstić information content (AvgIpc) is 2.79. The van der Waals surface area contributed by atoms with Gasteiger partial charge in [-0.1, -0.05) is 48.5 Å². The lowest BCUT2D eigenvalue weighted by Crippen LogP contribution is -2.59. The standard InChI is InChI=1S/C25H23FN2O4S/c1-17-12-20(18-8-4-2-5-9-18)13-22(24(17)26)23(29)14-27-33(31,32)21-15-28(16-21)25(30)19-10-6-3-7-11-19/h2-13,21,27H,14-16H2,1H3. The molecule has 0 saturated carbocycles. The van der Waals surface area contributed by atoms with Gasteiger partial charge in [-0.15, -0.1) is 0 Å². The molecule has 33 heavy (non-hydrogen) atoms. The van der Waals surface area contributed by atoms with Gasteiger partial charge >= 0.3 is 0 Å². The number of carbonyl (C=O) groups is 2. The molecule has 0 atom stereocenters. The fourth-order valence-electron chi connectivity index (χ4n) is 3.71. The van der Waals surface area contributed by atoms with Crippen molar-refractivity contribution in [2.45, 2.75) is 12.2 Å². The number of nitrogens with one attached hydrogen (secondary N) is 1. The smallest absolute Gasteiger partial charge is 0.253 e. The number of aryl methyl sites for hydroxylation is 1. The zero-order valence-corrected chi connectivity index (χ0v) is 18.8. The third-order valence-corrected chi connectivity index (χ3v) is 7.41. The summed E-state index contributed by atoms with van der Waals surface area (Å²) in [7, 11) is -3.85. The van der Waals surface area contributed by atoms with Crippen molar-refractivity contribution in [3.8, 4) is 11.1 Å². The summed E-state index contributed by atoms with van der Waals surface area (Å²) < 4.78 is 42.1. The van der Waals surface area contributed by atoms with E-state index in [9.17, 15) is 22.4 Å². The molecule has 170 valence electrons. The molecule has 8 heteroatoms. The maximum Gasteiger partial charge on any atom is 0.253 e. The van der Waals surface area contributed by atoms with Gasteiger partial charge in [0.2, 0.25) is 10.0 Å². The molecule has 0 aromatic heterocycles. The van der Waals surface area contributed by atoms with Crippen molar-refractivity contribution < 1.29 is 22.4 Å². The maximum absolute atomic E-state index is 14.7. The number of halogens is 1. The van der Waals surface area contributed by atoms with Gasteiger partial charge in [0.25, 0.3) is 5.91 Å². The van der Waals surface area contributed by atoms with Crippen LogP contribution in [0.25, 0.3) is 11.1 Å². The van der Waals surface area contributed by atoms with E-state index in [1.165, 1.54) is 11.0 Å². The van der Waals surface area contributed by atoms with Crippen LogP contribution in [-0.2, 0) is 10.0 Å². The van der Waals surface area contributed by atoms with Crippen LogP contribution in [0.2, 0.25) is 0 Å². The molecular weight excluding hydrogens is 443 g/mol. The quantitative estimate of drug-likeness (QED) is 0.541. The fourth-order valence-corrected chi connectivity index (χ4v) is 5.03. The molecule has 1 amide bonds. The van der Waals surface area contributed by atoms with Gasteiger partial charge in [0.1, 0.15) is 11.1 Å². The topological polar surface area (TPSA) is 83.6 Å². The Balaban J connectivity index is 1.41. The number of hydrogen-bond donors (Lipinski definition) is 1. The second-order valence-corrected chi connectivity index (χ2v) is 10.1. The van der Waals surface area contributed by atoms with Crippen LogP contribution in [0.1, 0.15) is 26.3 Å². The highest BCUT2D eigenvalue weighted by molar-refractivity contribution is 7.90. The van der Waals surface area contributed by atoms with Gasteiger partial charge in [-0.25, -0.2) is 17.5 Å². The number of Topliss-reactive ketones (excluding diaryl/α,β-unsaturated/α-hetero) is 1. The fraction of sp³-hybridized carbons (Fsp3) is 0.200. The predicted octanol–water partition coefficient (Wildman–Crippen LogP) is 3.43. The second-order valence-electron chi connectivity index (χ2n) is 8.01. The molecule has 0 aliphatic carbocycles. The summed E-state index contributed by atoms with van der Waals surface area (Å²) in [6, 6.07) is 20.9. The van der Waals surface area contributed by atoms with E-state index in [-0.39, 0.29) is 24.6 Å². The van der Waals surface area contributed by atoms with Gasteiger partial charge in [-0.2, -0.15) is 0 Å². The number of benzene rings is 3. The number of amides is 1. The molecule has 0 bridgehead atoms. The van der Waals surface area contributed by atoms with E-state index in [1.807, 2.05) is 30.3 Å². The molecule has 1 fully saturated rings. The lowest BCUT2D eigenvalue weighted by atomic mass is 9.98. The summed E-state index contributed by atoms with van der Waals surface area (Å²) in [5.41, 5.74) is 2.13. The Kier molecular flexibility index (Phi) is 6.40. The summed E-state index contributed by atoms with van der Waals surface area (Å²) in [5.74, 6) is -1.57. The molecule has 1 aliphatic heterocycles. The molecule has 3 aromatic carbocycles. The summed E-state index contributed by atoms with van der Waals surface area (Å²) >= 11 is 0. The Morgan fingerprint density at radius 1 is 0.970 bits per heavy atom. The first-order valence-electron chi connectivity index (χ1n) is 10.5. The monoisotopic (exact) mass is 466 g/mol. The summed E-state index contributed by atoms with van der Waals surface area (Å²) in [5, 5.41) is -0.819. The Bertz CT molecular complexity index is 1290. The number of carbonyl (C=O) groups excluding carboxylic acids is 2. The van der Waals surface area contributed by atoms with E-state index in [4.69, 9.17) is 0 Å². The number of likely N-dealkylation sites (tertiary alicyclic amines) is 1. The number of rotatable bonds is 7. The van der Waals surface area contributed by atoms with Crippen molar-refractivity contribution in [2.75, 3.05) is 19.6 Å². The normalized spacial score (nSPS) is 14.1. The van der Waals surface area contributed by atoms with Crippen molar-refractivity contribution >= 4 is 21.7 Å². The highest BCUT2D eigenvalue weighted by Gasteiger charge is 2.40. The molecule has 1 saturated heterocycles. The van der Waals surface area contributed by atoms with Crippen LogP contribution in [0.3, 0.4) is 0 Å². The SMILES string of the molecule is Cc1cc(-c2ccccc2)cc(C(=O)CNS(=O)(=O)C2CN(C(=O)c3ccccc3)C2)c1F. The largest absolute Gasteiger partial charge is 0.336 e. The number of ketones is 1. The van der Waals surface area contributed by atoms with E-state index in [2.05, 4.69) is 4.72 Å².